The molecule has 0 aromatic carbocycles. The molecule has 1 unspecified atom stereocenters. The first-order chi connectivity index (χ1) is 8.25. The Bertz CT molecular complexity index is 379. The van der Waals surface area contributed by atoms with E-state index in [0.717, 1.165) is 25.7 Å². The number of hydrogen-bond acceptors (Lipinski definition) is 3. The van der Waals surface area contributed by atoms with Crippen molar-refractivity contribution in [1.29, 1.82) is 0 Å². The van der Waals surface area contributed by atoms with Crippen LogP contribution >= 0.6 is 12.4 Å². The van der Waals surface area contributed by atoms with Crippen LogP contribution in [0.15, 0.2) is 18.3 Å². The van der Waals surface area contributed by atoms with Gasteiger partial charge in [-0.1, -0.05) is 0 Å². The molecule has 1 saturated heterocycles. The highest BCUT2D eigenvalue weighted by Crippen LogP contribution is 2.10. The van der Waals surface area contributed by atoms with Gasteiger partial charge in [0, 0.05) is 6.54 Å². The second-order valence-electron chi connectivity index (χ2n) is 4.27. The van der Waals surface area contributed by atoms with Crippen LogP contribution in [0.3, 0.4) is 0 Å². The number of aromatic nitrogens is 1. The Labute approximate surface area is 112 Å². The minimum absolute atomic E-state index is 0. The molecule has 1 aromatic rings. The van der Waals surface area contributed by atoms with Crippen LogP contribution in [0.1, 0.15) is 23.3 Å². The van der Waals surface area contributed by atoms with Crippen molar-refractivity contribution in [2.75, 3.05) is 19.6 Å². The lowest BCUT2D eigenvalue weighted by atomic mass is 10.1. The third-order valence-electron chi connectivity index (χ3n) is 2.96. The Kier molecular flexibility index (Phi) is 6.01. The Morgan fingerprint density at radius 2 is 2.39 bits per heavy atom. The first kappa shape index (κ1) is 14.9. The molecule has 2 heterocycles. The minimum Gasteiger partial charge on any atom is -0.351 e. The maximum Gasteiger partial charge on any atom is 0.269 e. The third-order valence-corrected chi connectivity index (χ3v) is 2.96. The molecule has 2 N–H and O–H groups in total. The minimum atomic E-state index is -0.432. The Morgan fingerprint density at radius 1 is 1.56 bits per heavy atom. The van der Waals surface area contributed by atoms with E-state index in [9.17, 15) is 9.18 Å². The number of amides is 1. The molecule has 0 spiro atoms. The Balaban J connectivity index is 0.00000162. The van der Waals surface area contributed by atoms with Crippen LogP contribution in [-0.4, -0.2) is 30.5 Å². The largest absolute Gasteiger partial charge is 0.351 e. The smallest absolute Gasteiger partial charge is 0.269 e. The number of rotatable bonds is 4. The average Bonchev–Trinajstić information content (AvgIpc) is 2.83. The molecular weight excluding hydrogens is 257 g/mol. The van der Waals surface area contributed by atoms with E-state index in [-0.39, 0.29) is 24.0 Å². The van der Waals surface area contributed by atoms with Gasteiger partial charge in [-0.3, -0.25) is 4.79 Å². The van der Waals surface area contributed by atoms with E-state index in [1.807, 2.05) is 0 Å². The molecule has 1 aromatic heterocycles. The van der Waals surface area contributed by atoms with Crippen LogP contribution in [0.2, 0.25) is 0 Å². The maximum absolute atomic E-state index is 12.6. The number of pyridine rings is 1. The highest BCUT2D eigenvalue weighted by molar-refractivity contribution is 5.92. The van der Waals surface area contributed by atoms with Crippen molar-refractivity contribution in [3.05, 3.63) is 29.8 Å². The fourth-order valence-corrected chi connectivity index (χ4v) is 1.95. The summed E-state index contributed by atoms with van der Waals surface area (Å²) in [5, 5.41) is 6.08. The highest BCUT2D eigenvalue weighted by Gasteiger charge is 2.14. The van der Waals surface area contributed by atoms with E-state index in [1.165, 1.54) is 18.6 Å². The van der Waals surface area contributed by atoms with E-state index in [2.05, 4.69) is 15.6 Å². The lowest BCUT2D eigenvalue weighted by Crippen LogP contribution is -2.27. The summed E-state index contributed by atoms with van der Waals surface area (Å²) in [4.78, 5) is 15.3. The van der Waals surface area contributed by atoms with Crippen molar-refractivity contribution in [2.45, 2.75) is 12.8 Å². The summed E-state index contributed by atoms with van der Waals surface area (Å²) in [6.07, 6.45) is 3.19. The lowest BCUT2D eigenvalue weighted by molar-refractivity contribution is 0.0946. The van der Waals surface area contributed by atoms with E-state index in [4.69, 9.17) is 0 Å². The molecule has 1 fully saturated rings. The van der Waals surface area contributed by atoms with Crippen molar-refractivity contribution in [1.82, 2.24) is 15.6 Å². The standard InChI is InChI=1S/C12H16FN3O.ClH/c13-10-1-2-11(16-8-10)12(17)15-6-4-9-3-5-14-7-9;/h1-2,8-9,14H,3-7H2,(H,15,17);1H. The number of nitrogens with one attached hydrogen (secondary N) is 2. The summed E-state index contributed by atoms with van der Waals surface area (Å²) < 4.78 is 12.6. The summed E-state index contributed by atoms with van der Waals surface area (Å²) >= 11 is 0. The number of halogens is 2. The molecule has 6 heteroatoms. The van der Waals surface area contributed by atoms with E-state index >= 15 is 0 Å². The number of carbonyl (C=O) groups excluding carboxylic acids is 1. The van der Waals surface area contributed by atoms with Gasteiger partial charge in [-0.2, -0.15) is 0 Å². The van der Waals surface area contributed by atoms with Crippen molar-refractivity contribution >= 4 is 18.3 Å². The number of nitrogens with zero attached hydrogens (tertiary/aromatic N) is 1. The first-order valence-electron chi connectivity index (χ1n) is 5.86. The molecule has 100 valence electrons. The number of hydrogen-bond donors (Lipinski definition) is 2. The van der Waals surface area contributed by atoms with E-state index in [0.29, 0.717) is 12.5 Å². The van der Waals surface area contributed by atoms with Crippen molar-refractivity contribution in [3.8, 4) is 0 Å². The van der Waals surface area contributed by atoms with Crippen molar-refractivity contribution < 1.29 is 9.18 Å². The predicted molar refractivity (Wildman–Crippen MR) is 69.4 cm³/mol. The van der Waals surface area contributed by atoms with Crippen LogP contribution in [0.25, 0.3) is 0 Å². The van der Waals surface area contributed by atoms with Gasteiger partial charge in [-0.05, 0) is 44.0 Å². The molecule has 18 heavy (non-hydrogen) atoms. The van der Waals surface area contributed by atoms with E-state index in [1.54, 1.807) is 0 Å². The molecule has 1 atom stereocenters. The highest BCUT2D eigenvalue weighted by atomic mass is 35.5. The third kappa shape index (κ3) is 4.23. The average molecular weight is 274 g/mol. The van der Waals surface area contributed by atoms with Gasteiger partial charge in [0.15, 0.2) is 0 Å². The normalized spacial score (nSPS) is 18.2. The monoisotopic (exact) mass is 273 g/mol. The summed E-state index contributed by atoms with van der Waals surface area (Å²) in [5.74, 6) is -0.0222. The molecule has 4 nitrogen and oxygen atoms in total. The molecule has 0 bridgehead atoms. The van der Waals surface area contributed by atoms with Crippen LogP contribution in [0, 0.1) is 11.7 Å². The van der Waals surface area contributed by atoms with Crippen LogP contribution in [0.4, 0.5) is 4.39 Å². The molecular formula is C12H17ClFN3O. The van der Waals surface area contributed by atoms with Gasteiger partial charge in [0.2, 0.25) is 0 Å². The zero-order chi connectivity index (χ0) is 12.1. The molecule has 1 amide bonds. The molecule has 2 rings (SSSR count). The summed E-state index contributed by atoms with van der Waals surface area (Å²) in [5.41, 5.74) is 0.260. The second kappa shape index (κ2) is 7.28. The lowest BCUT2D eigenvalue weighted by Gasteiger charge is -2.08. The zero-order valence-corrected chi connectivity index (χ0v) is 10.8. The van der Waals surface area contributed by atoms with Gasteiger partial charge in [0.25, 0.3) is 5.91 Å². The molecule has 0 saturated carbocycles. The Morgan fingerprint density at radius 3 is 3.00 bits per heavy atom. The van der Waals surface area contributed by atoms with Gasteiger partial charge < -0.3 is 10.6 Å². The Hall–Kier alpha value is -1.20. The SMILES string of the molecule is Cl.O=C(NCCC1CCNC1)c1ccc(F)cn1. The van der Waals surface area contributed by atoms with Crippen LogP contribution in [0.5, 0.6) is 0 Å². The zero-order valence-electron chi connectivity index (χ0n) is 9.99. The number of carbonyl (C=O) groups is 1. The van der Waals surface area contributed by atoms with Gasteiger partial charge in [-0.15, -0.1) is 12.4 Å². The van der Waals surface area contributed by atoms with Crippen molar-refractivity contribution in [3.63, 3.8) is 0 Å². The van der Waals surface area contributed by atoms with Gasteiger partial charge in [0.05, 0.1) is 6.20 Å². The predicted octanol–water partition coefficient (Wildman–Crippen LogP) is 1.37. The molecule has 1 aliphatic rings. The summed E-state index contributed by atoms with van der Waals surface area (Å²) in [7, 11) is 0. The quantitative estimate of drug-likeness (QED) is 0.871. The topological polar surface area (TPSA) is 54.0 Å². The molecule has 0 radical (unpaired) electrons. The summed E-state index contributed by atoms with van der Waals surface area (Å²) in [6, 6.07) is 2.63. The summed E-state index contributed by atoms with van der Waals surface area (Å²) in [6.45, 7) is 2.74. The molecule has 1 aliphatic heterocycles. The van der Waals surface area contributed by atoms with Gasteiger partial charge in [-0.25, -0.2) is 9.37 Å². The second-order valence-corrected chi connectivity index (χ2v) is 4.27. The fraction of sp³-hybridized carbons (Fsp3) is 0.500. The van der Waals surface area contributed by atoms with E-state index < -0.39 is 5.82 Å². The van der Waals surface area contributed by atoms with Gasteiger partial charge >= 0.3 is 0 Å². The maximum atomic E-state index is 12.6. The van der Waals surface area contributed by atoms with Crippen LogP contribution in [-0.2, 0) is 0 Å². The van der Waals surface area contributed by atoms with Crippen LogP contribution < -0.4 is 10.6 Å². The van der Waals surface area contributed by atoms with Crippen molar-refractivity contribution in [2.24, 2.45) is 5.92 Å². The fourth-order valence-electron chi connectivity index (χ4n) is 1.95. The van der Waals surface area contributed by atoms with Gasteiger partial charge in [0.1, 0.15) is 11.5 Å². The molecule has 0 aliphatic carbocycles. The first-order valence-corrected chi connectivity index (χ1v) is 5.86.